The third-order valence-electron chi connectivity index (χ3n) is 4.71. The molecule has 2 rings (SSSR count). The van der Waals surface area contributed by atoms with Gasteiger partial charge in [0, 0.05) is 35.5 Å². The number of nitrogens with one attached hydrogen (secondary N) is 1. The Morgan fingerprint density at radius 1 is 1.32 bits per heavy atom. The van der Waals surface area contributed by atoms with Crippen LogP contribution in [0.25, 0.3) is 11.1 Å². The number of rotatable bonds is 7. The van der Waals surface area contributed by atoms with Crippen LogP contribution in [0.1, 0.15) is 13.3 Å². The maximum atomic E-state index is 14.6. The van der Waals surface area contributed by atoms with Crippen molar-refractivity contribution in [3.63, 3.8) is 0 Å². The summed E-state index contributed by atoms with van der Waals surface area (Å²) in [5, 5.41) is 8.84. The molecule has 152 valence electrons. The Bertz CT molecular complexity index is 1030. The molecule has 0 aliphatic rings. The average Bonchev–Trinajstić information content (AvgIpc) is 2.66. The van der Waals surface area contributed by atoms with E-state index in [1.54, 1.807) is 12.1 Å². The number of carbonyl (C=O) groups is 1. The monoisotopic (exact) mass is 428 g/mol. The zero-order chi connectivity index (χ0) is 21.1. The lowest BCUT2D eigenvalue weighted by Gasteiger charge is -2.25. The van der Waals surface area contributed by atoms with Gasteiger partial charge in [0.25, 0.3) is 11.5 Å². The molecule has 0 aliphatic heterocycles. The molecule has 0 spiro atoms. The van der Waals surface area contributed by atoms with Gasteiger partial charge in [-0.25, -0.2) is 18.3 Å². The summed E-state index contributed by atoms with van der Waals surface area (Å²) in [6.07, 6.45) is 3.43. The molecular formula is C18H21FN2O5S2. The van der Waals surface area contributed by atoms with Gasteiger partial charge in [-0.1, -0.05) is 12.1 Å². The van der Waals surface area contributed by atoms with Crippen LogP contribution in [0.3, 0.4) is 0 Å². The van der Waals surface area contributed by atoms with E-state index in [2.05, 4.69) is 0 Å². The number of carbonyl (C=O) groups excluding carboxylic acids is 1. The Morgan fingerprint density at radius 3 is 2.43 bits per heavy atom. The van der Waals surface area contributed by atoms with Gasteiger partial charge in [-0.2, -0.15) is 0 Å². The van der Waals surface area contributed by atoms with Gasteiger partial charge >= 0.3 is 0 Å². The number of aryl methyl sites for hydroxylation is 1. The maximum Gasteiger partial charge on any atom is 0.264 e. The molecule has 0 radical (unpaired) electrons. The molecule has 1 atom stereocenters. The Balaban J connectivity index is 2.34. The topological polar surface area (TPSA) is 105 Å². The van der Waals surface area contributed by atoms with Gasteiger partial charge in [-0.15, -0.1) is 11.8 Å². The van der Waals surface area contributed by atoms with Gasteiger partial charge in [0.05, 0.1) is 0 Å². The molecule has 0 saturated heterocycles. The highest BCUT2D eigenvalue weighted by atomic mass is 32.2. The number of hydroxylamine groups is 1. The number of aromatic nitrogens is 1. The molecule has 7 nitrogen and oxygen atoms in total. The first kappa shape index (κ1) is 22.1. The zero-order valence-corrected chi connectivity index (χ0v) is 17.2. The largest absolute Gasteiger partial charge is 0.312 e. The number of pyridine rings is 1. The van der Waals surface area contributed by atoms with Crippen LogP contribution in [0, 0.1) is 5.82 Å². The molecule has 0 bridgehead atoms. The van der Waals surface area contributed by atoms with Gasteiger partial charge < -0.3 is 4.57 Å². The van der Waals surface area contributed by atoms with Gasteiger partial charge in [0.2, 0.25) is 0 Å². The predicted molar refractivity (Wildman–Crippen MR) is 106 cm³/mol. The van der Waals surface area contributed by atoms with E-state index < -0.39 is 31.9 Å². The highest BCUT2D eigenvalue weighted by Gasteiger charge is 2.43. The lowest BCUT2D eigenvalue weighted by molar-refractivity contribution is -0.131. The maximum absolute atomic E-state index is 14.6. The summed E-state index contributed by atoms with van der Waals surface area (Å²) < 4.78 is 37.6. The van der Waals surface area contributed by atoms with Gasteiger partial charge in [0.1, 0.15) is 5.82 Å². The fourth-order valence-corrected chi connectivity index (χ4v) is 3.88. The Kier molecular flexibility index (Phi) is 6.68. The SMILES string of the molecule is CSc1ccc(-c2cc(=O)n(CCC(C)(C(=O)NO)S(C)(=O)=O)cc2F)cc1. The molecule has 0 fully saturated rings. The number of halogens is 1. The Labute approximate surface area is 166 Å². The molecule has 1 aromatic carbocycles. The minimum absolute atomic E-state index is 0.132. The minimum Gasteiger partial charge on any atom is -0.312 e. The standard InChI is InChI=1S/C18H21FN2O5S2/c1-18(17(23)20-24,28(3,25)26)8-9-21-11-15(19)14(10-16(21)22)12-4-6-13(27-2)7-5-12/h4-7,10-11,24H,8-9H2,1-3H3,(H,20,23). The van der Waals surface area contributed by atoms with Crippen LogP contribution in [0.4, 0.5) is 4.39 Å². The van der Waals surface area contributed by atoms with E-state index in [4.69, 9.17) is 5.21 Å². The summed E-state index contributed by atoms with van der Waals surface area (Å²) in [5.41, 5.74) is 1.47. The molecule has 0 aliphatic carbocycles. The highest BCUT2D eigenvalue weighted by molar-refractivity contribution is 7.98. The Hall–Kier alpha value is -2.17. The van der Waals surface area contributed by atoms with Gasteiger partial charge in [-0.05, 0) is 37.3 Å². The van der Waals surface area contributed by atoms with E-state index in [1.807, 2.05) is 18.4 Å². The van der Waals surface area contributed by atoms with Gasteiger partial charge in [-0.3, -0.25) is 14.8 Å². The molecule has 10 heteroatoms. The van der Waals surface area contributed by atoms with Crippen molar-refractivity contribution < 1.29 is 22.8 Å². The number of hydrogen-bond donors (Lipinski definition) is 2. The molecule has 1 amide bonds. The highest BCUT2D eigenvalue weighted by Crippen LogP contribution is 2.25. The van der Waals surface area contributed by atoms with Crippen LogP contribution < -0.4 is 11.0 Å². The van der Waals surface area contributed by atoms with Crippen LogP contribution in [-0.2, 0) is 21.2 Å². The second kappa shape index (κ2) is 8.46. The summed E-state index contributed by atoms with van der Waals surface area (Å²) in [4.78, 5) is 25.2. The molecule has 1 aromatic heterocycles. The number of thioether (sulfide) groups is 1. The summed E-state index contributed by atoms with van der Waals surface area (Å²) >= 11 is 1.54. The lowest BCUT2D eigenvalue weighted by atomic mass is 10.1. The zero-order valence-electron chi connectivity index (χ0n) is 15.6. The first-order valence-electron chi connectivity index (χ1n) is 8.22. The van der Waals surface area contributed by atoms with Crippen LogP contribution in [-0.4, -0.2) is 41.4 Å². The molecule has 0 saturated carbocycles. The molecule has 1 heterocycles. The first-order valence-corrected chi connectivity index (χ1v) is 11.3. The fraction of sp³-hybridized carbons (Fsp3) is 0.333. The molecule has 2 N–H and O–H groups in total. The van der Waals surface area contributed by atoms with E-state index in [0.29, 0.717) is 5.56 Å². The fourth-order valence-electron chi connectivity index (χ4n) is 2.63. The van der Waals surface area contributed by atoms with Crippen LogP contribution >= 0.6 is 11.8 Å². The second-order valence-corrected chi connectivity index (χ2v) is 9.81. The van der Waals surface area contributed by atoms with Crippen LogP contribution in [0.2, 0.25) is 0 Å². The third-order valence-corrected chi connectivity index (χ3v) is 7.48. The van der Waals surface area contributed by atoms with Crippen molar-refractivity contribution in [3.8, 4) is 11.1 Å². The van der Waals surface area contributed by atoms with E-state index in [9.17, 15) is 22.4 Å². The number of benzene rings is 1. The lowest BCUT2D eigenvalue weighted by Crippen LogP contribution is -2.50. The molecule has 28 heavy (non-hydrogen) atoms. The van der Waals surface area contributed by atoms with E-state index in [-0.39, 0.29) is 18.5 Å². The average molecular weight is 429 g/mol. The summed E-state index contributed by atoms with van der Waals surface area (Å²) in [5.74, 6) is -1.77. The second-order valence-electron chi connectivity index (χ2n) is 6.49. The normalized spacial score (nSPS) is 13.8. The van der Waals surface area contributed by atoms with Crippen molar-refractivity contribution in [2.75, 3.05) is 12.5 Å². The van der Waals surface area contributed by atoms with Crippen molar-refractivity contribution >= 4 is 27.5 Å². The van der Waals surface area contributed by atoms with Crippen molar-refractivity contribution in [1.29, 1.82) is 0 Å². The number of sulfone groups is 1. The summed E-state index contributed by atoms with van der Waals surface area (Å²) in [7, 11) is -3.91. The van der Waals surface area contributed by atoms with Crippen molar-refractivity contribution in [3.05, 3.63) is 52.7 Å². The summed E-state index contributed by atoms with van der Waals surface area (Å²) in [6.45, 7) is 0.912. The van der Waals surface area contributed by atoms with E-state index in [1.165, 1.54) is 17.2 Å². The number of nitrogens with zero attached hydrogens (tertiary/aromatic N) is 1. The third kappa shape index (κ3) is 4.45. The van der Waals surface area contributed by atoms with Crippen LogP contribution in [0.15, 0.2) is 46.2 Å². The van der Waals surface area contributed by atoms with Crippen LogP contribution in [0.5, 0.6) is 0 Å². The Morgan fingerprint density at radius 2 is 1.93 bits per heavy atom. The first-order chi connectivity index (χ1) is 13.0. The smallest absolute Gasteiger partial charge is 0.264 e. The molecule has 1 unspecified atom stereocenters. The summed E-state index contributed by atoms with van der Waals surface area (Å²) in [6, 6.07) is 8.18. The number of hydrogen-bond acceptors (Lipinski definition) is 6. The molecule has 2 aromatic rings. The van der Waals surface area contributed by atoms with E-state index >= 15 is 0 Å². The van der Waals surface area contributed by atoms with E-state index in [0.717, 1.165) is 34.9 Å². The van der Waals surface area contributed by atoms with Crippen molar-refractivity contribution in [1.82, 2.24) is 10.0 Å². The number of amides is 1. The van der Waals surface area contributed by atoms with Crippen molar-refractivity contribution in [2.45, 2.75) is 29.5 Å². The minimum atomic E-state index is -3.91. The molecular weight excluding hydrogens is 407 g/mol. The van der Waals surface area contributed by atoms with Crippen molar-refractivity contribution in [2.24, 2.45) is 0 Å². The predicted octanol–water partition coefficient (Wildman–Crippen LogP) is 2.08. The quantitative estimate of drug-likeness (QED) is 0.397. The van der Waals surface area contributed by atoms with Gasteiger partial charge in [0.15, 0.2) is 14.6 Å².